The summed E-state index contributed by atoms with van der Waals surface area (Å²) in [5.74, 6) is -1.03. The van der Waals surface area contributed by atoms with Crippen LogP contribution in [0.5, 0.6) is 5.75 Å². The Kier molecular flexibility index (Phi) is 5.29. The van der Waals surface area contributed by atoms with E-state index in [0.717, 1.165) is 5.56 Å². The van der Waals surface area contributed by atoms with E-state index >= 15 is 0 Å². The first-order valence-corrected chi connectivity index (χ1v) is 10.8. The van der Waals surface area contributed by atoms with Crippen LogP contribution in [0.1, 0.15) is 28.8 Å². The predicted molar refractivity (Wildman–Crippen MR) is 119 cm³/mol. The Morgan fingerprint density at radius 3 is 2.50 bits per heavy atom. The summed E-state index contributed by atoms with van der Waals surface area (Å²) in [4.78, 5) is 27.7. The monoisotopic (exact) mass is 488 g/mol. The van der Waals surface area contributed by atoms with E-state index in [4.69, 9.17) is 22.1 Å². The molecule has 1 spiro atoms. The molecule has 176 valence electrons. The second kappa shape index (κ2) is 8.07. The lowest BCUT2D eigenvalue weighted by molar-refractivity contribution is -0.125. The number of rotatable bonds is 5. The maximum absolute atomic E-state index is 14.0. The minimum Gasteiger partial charge on any atom is -0.420 e. The van der Waals surface area contributed by atoms with E-state index in [1.165, 1.54) is 29.2 Å². The smallest absolute Gasteiger partial charge is 0.420 e. The van der Waals surface area contributed by atoms with Gasteiger partial charge in [0.15, 0.2) is 0 Å². The van der Waals surface area contributed by atoms with Gasteiger partial charge in [0.2, 0.25) is 11.8 Å². The zero-order valence-corrected chi connectivity index (χ0v) is 18.4. The number of hydrogen-bond acceptors (Lipinski definition) is 5. The lowest BCUT2D eigenvalue weighted by Crippen LogP contribution is -2.43. The minimum atomic E-state index is -3.86. The summed E-state index contributed by atoms with van der Waals surface area (Å²) in [6.07, 6.45) is 2.45. The van der Waals surface area contributed by atoms with Crippen molar-refractivity contribution in [1.82, 2.24) is 10.2 Å². The molecule has 2 aliphatic heterocycles. The molecule has 0 saturated carbocycles. The fourth-order valence-corrected chi connectivity index (χ4v) is 4.82. The summed E-state index contributed by atoms with van der Waals surface area (Å²) in [5.41, 5.74) is 3.98. The number of ether oxygens (including phenoxy) is 2. The van der Waals surface area contributed by atoms with Gasteiger partial charge < -0.3 is 15.2 Å². The van der Waals surface area contributed by atoms with Crippen molar-refractivity contribution in [3.8, 4) is 17.0 Å². The van der Waals surface area contributed by atoms with E-state index in [1.807, 2.05) is 0 Å². The zero-order valence-electron chi connectivity index (χ0n) is 17.7. The van der Waals surface area contributed by atoms with Crippen molar-refractivity contribution in [1.29, 1.82) is 0 Å². The Labute approximate surface area is 197 Å². The van der Waals surface area contributed by atoms with Crippen LogP contribution in [-0.4, -0.2) is 40.8 Å². The molecule has 1 aromatic heterocycles. The quantitative estimate of drug-likeness (QED) is 0.526. The lowest BCUT2D eigenvalue weighted by Gasteiger charge is -2.33. The Bertz CT molecular complexity index is 1250. The van der Waals surface area contributed by atoms with Crippen molar-refractivity contribution in [3.05, 3.63) is 59.8 Å². The summed E-state index contributed by atoms with van der Waals surface area (Å²) >= 11 is 4.85. The van der Waals surface area contributed by atoms with E-state index in [1.54, 1.807) is 24.4 Å². The SMILES string of the molecule is NC(=O)c1cc(-c2ccn[nH]2)c2c(c1)N(c1ccc(OC(F)(F)Cl)cc1)C(=O)C21CCOCC1. The molecule has 1 fully saturated rings. The molecule has 0 aliphatic carbocycles. The number of H-pyrrole nitrogens is 1. The van der Waals surface area contributed by atoms with E-state index in [-0.39, 0.29) is 17.2 Å². The van der Waals surface area contributed by atoms with E-state index in [0.29, 0.717) is 48.7 Å². The Morgan fingerprint density at radius 1 is 1.21 bits per heavy atom. The van der Waals surface area contributed by atoms with Crippen LogP contribution in [0.2, 0.25) is 0 Å². The molecule has 3 N–H and O–H groups in total. The van der Waals surface area contributed by atoms with Crippen molar-refractivity contribution < 1.29 is 27.8 Å². The maximum atomic E-state index is 14.0. The van der Waals surface area contributed by atoms with Gasteiger partial charge in [0, 0.05) is 53.4 Å². The zero-order chi connectivity index (χ0) is 24.1. The minimum absolute atomic E-state index is 0.166. The van der Waals surface area contributed by atoms with Crippen LogP contribution in [0.4, 0.5) is 20.2 Å². The average molecular weight is 489 g/mol. The molecule has 3 heterocycles. The summed E-state index contributed by atoms with van der Waals surface area (Å²) in [5, 5.41) is 6.92. The first kappa shape index (κ1) is 22.3. The number of aromatic nitrogens is 2. The molecule has 1 saturated heterocycles. The highest BCUT2D eigenvalue weighted by atomic mass is 35.5. The highest BCUT2D eigenvalue weighted by Crippen LogP contribution is 2.54. The number of fused-ring (bicyclic) bond motifs is 2. The maximum Gasteiger partial charge on any atom is 0.487 e. The topological polar surface area (TPSA) is 111 Å². The van der Waals surface area contributed by atoms with Crippen LogP contribution in [0.25, 0.3) is 11.3 Å². The molecule has 11 heteroatoms. The highest BCUT2D eigenvalue weighted by Gasteiger charge is 2.53. The van der Waals surface area contributed by atoms with Gasteiger partial charge in [0.05, 0.1) is 16.8 Å². The summed E-state index contributed by atoms with van der Waals surface area (Å²) in [6.45, 7) is 0.771. The number of halogens is 3. The van der Waals surface area contributed by atoms with Crippen molar-refractivity contribution in [2.24, 2.45) is 5.73 Å². The third-order valence-electron chi connectivity index (χ3n) is 6.20. The number of carbonyl (C=O) groups excluding carboxylic acids is 2. The number of hydrogen-bond donors (Lipinski definition) is 2. The standard InChI is InChI=1S/C23H19ClF2N4O4/c24-23(25,26)34-15-3-1-14(2-4-15)30-18-12-13(20(27)31)11-16(17-5-8-28-29-17)19(18)22(21(30)32)6-9-33-10-7-22/h1-5,8,11-12H,6-7,9-10H2,(H2,27,31)(H,28,29). The number of aromatic amines is 1. The second-order valence-electron chi connectivity index (χ2n) is 8.13. The van der Waals surface area contributed by atoms with Crippen molar-refractivity contribution >= 4 is 34.8 Å². The van der Waals surface area contributed by atoms with Gasteiger partial charge in [-0.25, -0.2) is 0 Å². The molecule has 0 radical (unpaired) electrons. The van der Waals surface area contributed by atoms with Gasteiger partial charge in [-0.05, 0) is 55.3 Å². The van der Waals surface area contributed by atoms with Crippen LogP contribution in [-0.2, 0) is 14.9 Å². The highest BCUT2D eigenvalue weighted by molar-refractivity contribution is 6.20. The molecule has 3 aromatic rings. The van der Waals surface area contributed by atoms with Gasteiger partial charge >= 0.3 is 5.57 Å². The van der Waals surface area contributed by atoms with Gasteiger partial charge in [0.1, 0.15) is 5.75 Å². The van der Waals surface area contributed by atoms with Gasteiger partial charge in [-0.15, -0.1) is 8.78 Å². The molecule has 2 aliphatic rings. The third kappa shape index (κ3) is 3.68. The number of amides is 2. The van der Waals surface area contributed by atoms with Gasteiger partial charge in [-0.3, -0.25) is 19.6 Å². The molecule has 2 amide bonds. The van der Waals surface area contributed by atoms with E-state index < -0.39 is 16.9 Å². The first-order valence-electron chi connectivity index (χ1n) is 10.5. The van der Waals surface area contributed by atoms with Gasteiger partial charge in [0.25, 0.3) is 0 Å². The molecule has 34 heavy (non-hydrogen) atoms. The third-order valence-corrected chi connectivity index (χ3v) is 6.28. The Morgan fingerprint density at radius 2 is 1.91 bits per heavy atom. The number of primary amides is 1. The molecule has 5 rings (SSSR count). The Hall–Kier alpha value is -3.50. The predicted octanol–water partition coefficient (Wildman–Crippen LogP) is 4.07. The van der Waals surface area contributed by atoms with E-state index in [9.17, 15) is 18.4 Å². The molecule has 0 atom stereocenters. The number of alkyl halides is 3. The molecule has 8 nitrogen and oxygen atoms in total. The van der Waals surface area contributed by atoms with Crippen LogP contribution in [0.3, 0.4) is 0 Å². The van der Waals surface area contributed by atoms with Gasteiger partial charge in [-0.1, -0.05) is 0 Å². The molecule has 2 aromatic carbocycles. The number of benzene rings is 2. The molecule has 0 bridgehead atoms. The van der Waals surface area contributed by atoms with Crippen molar-refractivity contribution in [2.75, 3.05) is 18.1 Å². The largest absolute Gasteiger partial charge is 0.487 e. The van der Waals surface area contributed by atoms with Crippen LogP contribution >= 0.6 is 11.6 Å². The fraction of sp³-hybridized carbons (Fsp3) is 0.261. The summed E-state index contributed by atoms with van der Waals surface area (Å²) < 4.78 is 36.0. The normalized spacial score (nSPS) is 17.1. The number of nitrogens with two attached hydrogens (primary N) is 1. The first-order chi connectivity index (χ1) is 16.2. The number of anilines is 2. The lowest BCUT2D eigenvalue weighted by atomic mass is 9.72. The number of nitrogens with zero attached hydrogens (tertiary/aromatic N) is 2. The van der Waals surface area contributed by atoms with Crippen LogP contribution in [0, 0.1) is 0 Å². The van der Waals surface area contributed by atoms with Crippen LogP contribution in [0.15, 0.2) is 48.7 Å². The van der Waals surface area contributed by atoms with Gasteiger partial charge in [-0.2, -0.15) is 5.10 Å². The number of nitrogens with one attached hydrogen (secondary N) is 1. The van der Waals surface area contributed by atoms with Crippen LogP contribution < -0.4 is 15.4 Å². The summed E-state index contributed by atoms with van der Waals surface area (Å²) in [6, 6.07) is 10.5. The van der Waals surface area contributed by atoms with Crippen molar-refractivity contribution in [2.45, 2.75) is 23.8 Å². The summed E-state index contributed by atoms with van der Waals surface area (Å²) in [7, 11) is 0. The van der Waals surface area contributed by atoms with Crippen molar-refractivity contribution in [3.63, 3.8) is 0 Å². The molecule has 0 unspecified atom stereocenters. The fourth-order valence-electron chi connectivity index (χ4n) is 4.73. The second-order valence-corrected chi connectivity index (χ2v) is 8.57. The molecular weight excluding hydrogens is 470 g/mol. The number of carbonyl (C=O) groups is 2. The van der Waals surface area contributed by atoms with E-state index in [2.05, 4.69) is 14.9 Å². The Balaban J connectivity index is 1.71. The molecular formula is C23H19ClF2N4O4. The average Bonchev–Trinajstić information content (AvgIpc) is 3.40.